The molecule has 0 unspecified atom stereocenters. The van der Waals surface area contributed by atoms with Crippen LogP contribution >= 0.6 is 11.3 Å². The van der Waals surface area contributed by atoms with Crippen LogP contribution in [0.2, 0.25) is 0 Å². The molecule has 24 heavy (non-hydrogen) atoms. The third-order valence-electron chi connectivity index (χ3n) is 3.71. The van der Waals surface area contributed by atoms with Crippen molar-refractivity contribution in [1.29, 1.82) is 0 Å². The van der Waals surface area contributed by atoms with Gasteiger partial charge >= 0.3 is 0 Å². The van der Waals surface area contributed by atoms with Gasteiger partial charge in [0.15, 0.2) is 11.0 Å². The Labute approximate surface area is 142 Å². The Bertz CT molecular complexity index is 1020. The van der Waals surface area contributed by atoms with Gasteiger partial charge in [0.05, 0.1) is 15.9 Å². The first-order chi connectivity index (χ1) is 11.6. The summed E-state index contributed by atoms with van der Waals surface area (Å²) in [5.74, 6) is 2.17. The lowest BCUT2D eigenvalue weighted by molar-refractivity contribution is 0.483. The topological polar surface area (TPSA) is 89.7 Å². The number of nitrogens with zero attached hydrogens (tertiary/aromatic N) is 3. The number of rotatable bonds is 3. The van der Waals surface area contributed by atoms with Crippen LogP contribution in [0.3, 0.4) is 0 Å². The van der Waals surface area contributed by atoms with E-state index in [1.807, 2.05) is 44.2 Å². The fourth-order valence-corrected chi connectivity index (χ4v) is 3.16. The minimum atomic E-state index is 0.553. The van der Waals surface area contributed by atoms with Crippen LogP contribution in [0.1, 0.15) is 11.4 Å². The molecule has 1 aromatic carbocycles. The molecule has 0 fully saturated rings. The van der Waals surface area contributed by atoms with Gasteiger partial charge in [0.1, 0.15) is 17.2 Å². The zero-order valence-electron chi connectivity index (χ0n) is 13.2. The Kier molecular flexibility index (Phi) is 3.42. The molecule has 0 atom stereocenters. The SMILES string of the molecule is Cc1nc(-c2cc(Oc3ccc4nc(N)sc4c3)ccn2)[nH]c1C. The maximum absolute atomic E-state index is 5.95. The molecule has 0 saturated heterocycles. The zero-order chi connectivity index (χ0) is 16.7. The summed E-state index contributed by atoms with van der Waals surface area (Å²) in [5, 5.41) is 0.553. The number of imidazole rings is 1. The standard InChI is InChI=1S/C17H15N5OS/c1-9-10(2)21-16(20-9)14-7-12(5-6-19-14)23-11-3-4-13-15(8-11)24-17(18)22-13/h3-8H,1-2H3,(H2,18,22)(H,20,21). The molecule has 3 heterocycles. The Morgan fingerprint density at radius 1 is 1.08 bits per heavy atom. The van der Waals surface area contributed by atoms with Crippen LogP contribution in [-0.4, -0.2) is 19.9 Å². The number of anilines is 1. The summed E-state index contributed by atoms with van der Waals surface area (Å²) in [5.41, 5.74) is 9.36. The highest BCUT2D eigenvalue weighted by Gasteiger charge is 2.09. The number of aromatic amines is 1. The summed E-state index contributed by atoms with van der Waals surface area (Å²) in [7, 11) is 0. The number of nitrogens with two attached hydrogens (primary N) is 1. The van der Waals surface area contributed by atoms with Crippen LogP contribution in [0.5, 0.6) is 11.5 Å². The molecule has 7 heteroatoms. The minimum absolute atomic E-state index is 0.553. The lowest BCUT2D eigenvalue weighted by Gasteiger charge is -2.06. The molecule has 0 amide bonds. The summed E-state index contributed by atoms with van der Waals surface area (Å²) in [6, 6.07) is 9.40. The van der Waals surface area contributed by atoms with Crippen LogP contribution in [0, 0.1) is 13.8 Å². The first-order valence-corrected chi connectivity index (χ1v) is 8.24. The molecular weight excluding hydrogens is 322 g/mol. The summed E-state index contributed by atoms with van der Waals surface area (Å²) in [6.45, 7) is 3.95. The van der Waals surface area contributed by atoms with Crippen molar-refractivity contribution in [2.45, 2.75) is 13.8 Å². The third-order valence-corrected chi connectivity index (χ3v) is 4.56. The van der Waals surface area contributed by atoms with Crippen molar-refractivity contribution < 1.29 is 4.74 Å². The molecule has 0 aliphatic carbocycles. The predicted octanol–water partition coefficient (Wildman–Crippen LogP) is 4.07. The van der Waals surface area contributed by atoms with Crippen molar-refractivity contribution in [2.24, 2.45) is 0 Å². The van der Waals surface area contributed by atoms with Crippen LogP contribution in [0.25, 0.3) is 21.7 Å². The molecule has 0 aliphatic heterocycles. The van der Waals surface area contributed by atoms with E-state index in [0.29, 0.717) is 10.9 Å². The van der Waals surface area contributed by atoms with E-state index in [0.717, 1.165) is 38.9 Å². The van der Waals surface area contributed by atoms with Gasteiger partial charge in [-0.05, 0) is 32.0 Å². The number of H-pyrrole nitrogens is 1. The van der Waals surface area contributed by atoms with Crippen LogP contribution in [0.15, 0.2) is 36.5 Å². The molecule has 0 radical (unpaired) electrons. The number of fused-ring (bicyclic) bond motifs is 1. The second-order valence-corrected chi connectivity index (χ2v) is 6.52. The van der Waals surface area contributed by atoms with E-state index < -0.39 is 0 Å². The lowest BCUT2D eigenvalue weighted by Crippen LogP contribution is -1.89. The Balaban J connectivity index is 1.65. The van der Waals surface area contributed by atoms with Crippen molar-refractivity contribution in [3.63, 3.8) is 0 Å². The van der Waals surface area contributed by atoms with Crippen molar-refractivity contribution in [2.75, 3.05) is 5.73 Å². The van der Waals surface area contributed by atoms with E-state index in [4.69, 9.17) is 10.5 Å². The van der Waals surface area contributed by atoms with Gasteiger partial charge in [0, 0.05) is 24.0 Å². The summed E-state index contributed by atoms with van der Waals surface area (Å²) in [6.07, 6.45) is 1.71. The predicted molar refractivity (Wildman–Crippen MR) is 95.4 cm³/mol. The number of aryl methyl sites for hydroxylation is 2. The van der Waals surface area contributed by atoms with Gasteiger partial charge in [-0.1, -0.05) is 11.3 Å². The van der Waals surface area contributed by atoms with Gasteiger partial charge in [0.2, 0.25) is 0 Å². The van der Waals surface area contributed by atoms with Gasteiger partial charge in [-0.15, -0.1) is 0 Å². The van der Waals surface area contributed by atoms with Crippen molar-refractivity contribution in [3.8, 4) is 23.0 Å². The molecule has 0 bridgehead atoms. The monoisotopic (exact) mass is 337 g/mol. The van der Waals surface area contributed by atoms with Gasteiger partial charge < -0.3 is 15.5 Å². The summed E-state index contributed by atoms with van der Waals surface area (Å²) >= 11 is 1.44. The van der Waals surface area contributed by atoms with Crippen LogP contribution < -0.4 is 10.5 Å². The maximum atomic E-state index is 5.95. The summed E-state index contributed by atoms with van der Waals surface area (Å²) in [4.78, 5) is 16.3. The molecule has 4 rings (SSSR count). The average Bonchev–Trinajstić information content (AvgIpc) is 3.09. The van der Waals surface area contributed by atoms with Crippen LogP contribution in [0.4, 0.5) is 5.13 Å². The fourth-order valence-electron chi connectivity index (χ4n) is 2.40. The van der Waals surface area contributed by atoms with Crippen molar-refractivity contribution >= 4 is 26.7 Å². The molecule has 6 nitrogen and oxygen atoms in total. The number of aromatic nitrogens is 4. The number of benzene rings is 1. The smallest absolute Gasteiger partial charge is 0.181 e. The first-order valence-electron chi connectivity index (χ1n) is 7.42. The third kappa shape index (κ3) is 2.69. The largest absolute Gasteiger partial charge is 0.457 e. The Morgan fingerprint density at radius 2 is 1.92 bits per heavy atom. The highest BCUT2D eigenvalue weighted by Crippen LogP contribution is 2.30. The van der Waals surface area contributed by atoms with Gasteiger partial charge in [-0.25, -0.2) is 9.97 Å². The fraction of sp³-hybridized carbons (Fsp3) is 0.118. The highest BCUT2D eigenvalue weighted by atomic mass is 32.1. The molecule has 4 aromatic rings. The highest BCUT2D eigenvalue weighted by molar-refractivity contribution is 7.22. The van der Waals surface area contributed by atoms with Crippen LogP contribution in [-0.2, 0) is 0 Å². The quantitative estimate of drug-likeness (QED) is 0.588. The summed E-state index contributed by atoms with van der Waals surface area (Å²) < 4.78 is 6.95. The number of hydrogen-bond acceptors (Lipinski definition) is 6. The first kappa shape index (κ1) is 14.6. The zero-order valence-corrected chi connectivity index (χ0v) is 14.0. The number of pyridine rings is 1. The molecule has 3 N–H and O–H groups in total. The van der Waals surface area contributed by atoms with E-state index in [1.165, 1.54) is 11.3 Å². The number of nitrogen functional groups attached to an aromatic ring is 1. The van der Waals surface area contributed by atoms with Crippen molar-refractivity contribution in [1.82, 2.24) is 19.9 Å². The number of hydrogen-bond donors (Lipinski definition) is 2. The molecular formula is C17H15N5OS. The van der Waals surface area contributed by atoms with E-state index in [2.05, 4.69) is 19.9 Å². The van der Waals surface area contributed by atoms with E-state index >= 15 is 0 Å². The van der Waals surface area contributed by atoms with Gasteiger partial charge in [0.25, 0.3) is 0 Å². The van der Waals surface area contributed by atoms with Gasteiger partial charge in [-0.2, -0.15) is 0 Å². The molecule has 120 valence electrons. The molecule has 0 spiro atoms. The normalized spacial score (nSPS) is 11.1. The number of nitrogens with one attached hydrogen (secondary N) is 1. The van der Waals surface area contributed by atoms with E-state index in [1.54, 1.807) is 6.20 Å². The molecule has 0 aliphatic rings. The maximum Gasteiger partial charge on any atom is 0.181 e. The average molecular weight is 337 g/mol. The van der Waals surface area contributed by atoms with Gasteiger partial charge in [-0.3, -0.25) is 4.98 Å². The lowest BCUT2D eigenvalue weighted by atomic mass is 10.3. The van der Waals surface area contributed by atoms with Crippen molar-refractivity contribution in [3.05, 3.63) is 47.9 Å². The molecule has 3 aromatic heterocycles. The van der Waals surface area contributed by atoms with E-state index in [-0.39, 0.29) is 0 Å². The molecule has 0 saturated carbocycles. The Morgan fingerprint density at radius 3 is 2.71 bits per heavy atom. The number of thiazole rings is 1. The number of ether oxygens (including phenoxy) is 1. The second kappa shape index (κ2) is 5.61. The van der Waals surface area contributed by atoms with E-state index in [9.17, 15) is 0 Å². The second-order valence-electron chi connectivity index (χ2n) is 5.46. The Hall–Kier alpha value is -2.93. The minimum Gasteiger partial charge on any atom is -0.457 e.